The summed E-state index contributed by atoms with van der Waals surface area (Å²) < 4.78 is 16.3. The van der Waals surface area contributed by atoms with Gasteiger partial charge in [-0.3, -0.25) is 9.59 Å². The molecule has 10 N–H and O–H groups in total. The SMILES string of the molecule is CCc1c2cc[nH]c2cn1-c1c2c(cc3c(=O)cc(C)oc13)C[C@@H](OOC[C@@](O)(Cc1ccc(O)c3ccc(O)cc13)[C@@H](O)[C@H](O)[C@H](O)CO)[C@@]1(C[C@H]([C@@H]3CNC(=O)C3)C=C[C@H]1CNC1CCCCC1)O2. The molecule has 2 aliphatic carbocycles. The fourth-order valence-electron chi connectivity index (χ4n) is 11.9. The lowest BCUT2D eigenvalue weighted by Crippen LogP contribution is -2.62. The number of aromatic hydroxyl groups is 2. The van der Waals surface area contributed by atoms with Crippen LogP contribution in [-0.4, -0.2) is 119 Å². The zero-order valence-electron chi connectivity index (χ0n) is 40.0. The predicted octanol–water partition coefficient (Wildman–Crippen LogP) is 4.79. The van der Waals surface area contributed by atoms with Crippen LogP contribution in [0.15, 0.2) is 82.3 Å². The van der Waals surface area contributed by atoms with Crippen LogP contribution in [0.5, 0.6) is 17.2 Å². The Balaban J connectivity index is 1.10. The van der Waals surface area contributed by atoms with E-state index in [4.69, 9.17) is 18.9 Å². The maximum Gasteiger partial charge on any atom is 0.220 e. The highest BCUT2D eigenvalue weighted by molar-refractivity contribution is 5.93. The number of hydrogen-bond acceptors (Lipinski definition) is 14. The van der Waals surface area contributed by atoms with E-state index in [2.05, 4.69) is 34.7 Å². The van der Waals surface area contributed by atoms with Gasteiger partial charge in [-0.15, -0.1) is 0 Å². The Hall–Kier alpha value is -5.76. The van der Waals surface area contributed by atoms with E-state index in [0.717, 1.165) is 42.3 Å². The van der Waals surface area contributed by atoms with Gasteiger partial charge in [0.25, 0.3) is 0 Å². The number of aliphatic hydroxyl groups is 5. The standard InChI is InChI=1S/C54H64N4O13/c1-3-42-38-15-16-55-41(38)26-58(42)48-50-32(18-40-44(62)17-29(2)69-51(40)48)19-46(54(70-50)23-30(33-20-47(64)57-24-33)9-11-34(54)25-56-35-7-5-4-6-8-35)71-68-28-53(67,52(66)49(65)45(63)27-59)22-31-10-14-43(61)37-13-12-36(60)21-39(31)37/h9-18,21,26,30,33-35,45-46,49,52,55-56,59-61,63,65-67H,3-8,19-20,22-25,27-28H2,1-2H3,(H,57,64)/t30-,33+,34+,45-,46-,49-,52+,53+,54+/m1/s1. The Labute approximate surface area is 409 Å². The van der Waals surface area contributed by atoms with Crippen LogP contribution in [-0.2, 0) is 33.8 Å². The van der Waals surface area contributed by atoms with Gasteiger partial charge < -0.3 is 65.1 Å². The highest BCUT2D eigenvalue weighted by Gasteiger charge is 2.56. The first-order chi connectivity index (χ1) is 34.2. The number of rotatable bonds is 16. The number of amides is 1. The van der Waals surface area contributed by atoms with Crippen LogP contribution in [0, 0.1) is 24.7 Å². The van der Waals surface area contributed by atoms with E-state index in [1.807, 2.05) is 23.0 Å². The first-order valence-corrected chi connectivity index (χ1v) is 24.9. The molecule has 378 valence electrons. The van der Waals surface area contributed by atoms with Crippen molar-refractivity contribution in [2.24, 2.45) is 17.8 Å². The van der Waals surface area contributed by atoms with Gasteiger partial charge in [-0.2, -0.15) is 0 Å². The van der Waals surface area contributed by atoms with Gasteiger partial charge in [0, 0.05) is 84.8 Å². The van der Waals surface area contributed by atoms with Crippen LogP contribution in [0.4, 0.5) is 0 Å². The van der Waals surface area contributed by atoms with Crippen LogP contribution >= 0.6 is 0 Å². The molecule has 5 heterocycles. The van der Waals surface area contributed by atoms with E-state index in [9.17, 15) is 45.3 Å². The first kappa shape index (κ1) is 48.8. The number of aliphatic hydroxyl groups excluding tert-OH is 4. The molecule has 1 saturated heterocycles. The van der Waals surface area contributed by atoms with Crippen molar-refractivity contribution in [1.82, 2.24) is 20.2 Å². The second kappa shape index (κ2) is 19.7. The van der Waals surface area contributed by atoms with Gasteiger partial charge in [0.15, 0.2) is 16.8 Å². The molecule has 1 spiro atoms. The summed E-state index contributed by atoms with van der Waals surface area (Å²) in [6, 6.07) is 12.7. The number of phenolic OH excluding ortho intramolecular Hbond substituents is 2. The predicted molar refractivity (Wildman–Crippen MR) is 263 cm³/mol. The van der Waals surface area contributed by atoms with Gasteiger partial charge >= 0.3 is 0 Å². The maximum atomic E-state index is 14.0. The number of ether oxygens (including phenoxy) is 1. The lowest BCUT2D eigenvalue weighted by Gasteiger charge is -2.51. The summed E-state index contributed by atoms with van der Waals surface area (Å²) in [4.78, 5) is 42.9. The summed E-state index contributed by atoms with van der Waals surface area (Å²) in [6.07, 6.45) is 7.65. The van der Waals surface area contributed by atoms with E-state index in [-0.39, 0.29) is 53.1 Å². The highest BCUT2D eigenvalue weighted by Crippen LogP contribution is 2.51. The summed E-state index contributed by atoms with van der Waals surface area (Å²) in [6.45, 7) is 3.05. The summed E-state index contributed by atoms with van der Waals surface area (Å²) in [5.41, 5.74) is -0.202. The zero-order chi connectivity index (χ0) is 49.8. The molecule has 71 heavy (non-hydrogen) atoms. The van der Waals surface area contributed by atoms with Gasteiger partial charge in [-0.05, 0) is 91.8 Å². The molecule has 1 amide bonds. The number of nitrogens with zero attached hydrogens (tertiary/aromatic N) is 1. The van der Waals surface area contributed by atoms with Crippen molar-refractivity contribution >= 4 is 38.6 Å². The monoisotopic (exact) mass is 976 g/mol. The van der Waals surface area contributed by atoms with E-state index in [1.165, 1.54) is 42.8 Å². The number of phenols is 2. The number of hydrogen-bond donors (Lipinski definition) is 10. The number of carbonyl (C=O) groups is 1. The normalized spacial score (nSPS) is 24.8. The number of aromatic amines is 1. The van der Waals surface area contributed by atoms with Gasteiger partial charge in [-0.1, -0.05) is 44.4 Å². The number of carbonyl (C=O) groups excluding carboxylic acids is 1. The number of aromatic nitrogens is 2. The van der Waals surface area contributed by atoms with Crippen LogP contribution in [0.25, 0.3) is 38.3 Å². The molecule has 9 atom stereocenters. The van der Waals surface area contributed by atoms with Gasteiger partial charge in [-0.25, -0.2) is 9.78 Å². The smallest absolute Gasteiger partial charge is 0.220 e. The average Bonchev–Trinajstić information content (AvgIpc) is 4.10. The molecule has 0 radical (unpaired) electrons. The fourth-order valence-corrected chi connectivity index (χ4v) is 11.9. The third-order valence-corrected chi connectivity index (χ3v) is 15.7. The topological polar surface area (TPSA) is 261 Å². The van der Waals surface area contributed by atoms with Crippen molar-refractivity contribution in [2.45, 2.75) is 120 Å². The number of benzene rings is 3. The molecule has 17 heteroatoms. The Morgan fingerprint density at radius 3 is 2.55 bits per heavy atom. The third-order valence-electron chi connectivity index (χ3n) is 15.7. The third kappa shape index (κ3) is 9.11. The van der Waals surface area contributed by atoms with Gasteiger partial charge in [0.05, 0.1) is 17.5 Å². The van der Waals surface area contributed by atoms with Crippen molar-refractivity contribution < 1.29 is 59.5 Å². The van der Waals surface area contributed by atoms with Gasteiger partial charge in [0.2, 0.25) is 5.91 Å². The molecule has 1 saturated carbocycles. The lowest BCUT2D eigenvalue weighted by molar-refractivity contribution is -0.376. The first-order valence-electron chi connectivity index (χ1n) is 24.9. The average molecular weight is 977 g/mol. The van der Waals surface area contributed by atoms with Crippen LogP contribution in [0.1, 0.15) is 74.5 Å². The molecular formula is C54H64N4O13. The number of allylic oxidation sites excluding steroid dienone is 1. The second-order valence-corrected chi connectivity index (χ2v) is 20.3. The molecule has 10 rings (SSSR count). The quantitative estimate of drug-likeness (QED) is 0.0356. The highest BCUT2D eigenvalue weighted by atomic mass is 17.2. The molecule has 2 aliphatic heterocycles. The van der Waals surface area contributed by atoms with Gasteiger partial charge in [0.1, 0.15) is 65.2 Å². The van der Waals surface area contributed by atoms with Crippen molar-refractivity contribution in [3.05, 3.63) is 106 Å². The number of nitrogens with one attached hydrogen (secondary N) is 3. The van der Waals surface area contributed by atoms with Crippen molar-refractivity contribution in [3.63, 3.8) is 0 Å². The molecule has 3 aromatic carbocycles. The van der Waals surface area contributed by atoms with E-state index >= 15 is 0 Å². The Morgan fingerprint density at radius 1 is 0.972 bits per heavy atom. The molecule has 6 aromatic rings. The Kier molecular flexibility index (Phi) is 13.5. The van der Waals surface area contributed by atoms with E-state index < -0.39 is 55.3 Å². The zero-order valence-corrected chi connectivity index (χ0v) is 40.0. The Morgan fingerprint density at radius 2 is 1.79 bits per heavy atom. The number of fused-ring (bicyclic) bond motifs is 4. The minimum atomic E-state index is -2.44. The summed E-state index contributed by atoms with van der Waals surface area (Å²) in [7, 11) is 0. The molecule has 17 nitrogen and oxygen atoms in total. The maximum absolute atomic E-state index is 14.0. The summed E-state index contributed by atoms with van der Waals surface area (Å²) >= 11 is 0. The molecule has 4 aliphatic rings. The summed E-state index contributed by atoms with van der Waals surface area (Å²) in [5.74, 6) is 0.0572. The van der Waals surface area contributed by atoms with E-state index in [0.29, 0.717) is 82.4 Å². The largest absolute Gasteiger partial charge is 0.508 e. The molecular weight excluding hydrogens is 913 g/mol. The Bertz CT molecular complexity index is 3030. The number of aryl methyl sites for hydroxylation is 2. The molecule has 2 fully saturated rings. The molecule has 3 aromatic heterocycles. The minimum absolute atomic E-state index is 0.0397. The van der Waals surface area contributed by atoms with E-state index in [1.54, 1.807) is 13.0 Å². The van der Waals surface area contributed by atoms with Crippen LogP contribution < -0.4 is 20.8 Å². The fraction of sp³-hybridized carbons (Fsp3) is 0.481. The van der Waals surface area contributed by atoms with Crippen molar-refractivity contribution in [3.8, 4) is 22.9 Å². The summed E-state index contributed by atoms with van der Waals surface area (Å²) in [5, 5.41) is 85.8. The molecule has 0 unspecified atom stereocenters. The van der Waals surface area contributed by atoms with Crippen LogP contribution in [0.3, 0.4) is 0 Å². The number of H-pyrrole nitrogens is 1. The second-order valence-electron chi connectivity index (χ2n) is 20.3. The van der Waals surface area contributed by atoms with Crippen molar-refractivity contribution in [2.75, 3.05) is 26.3 Å². The minimum Gasteiger partial charge on any atom is -0.508 e. The lowest BCUT2D eigenvalue weighted by atomic mass is 9.66. The van der Waals surface area contributed by atoms with Crippen molar-refractivity contribution in [1.29, 1.82) is 0 Å². The molecule has 0 bridgehead atoms. The van der Waals surface area contributed by atoms with Crippen LogP contribution in [0.2, 0.25) is 0 Å².